The van der Waals surface area contributed by atoms with E-state index in [2.05, 4.69) is 0 Å². The molecular formula is C9H10Cl2O3S3. The van der Waals surface area contributed by atoms with Gasteiger partial charge in [-0.05, 0) is 6.07 Å². The lowest BCUT2D eigenvalue weighted by Crippen LogP contribution is -2.08. The molecule has 0 saturated carbocycles. The number of hydrogen-bond donors (Lipinski definition) is 0. The van der Waals surface area contributed by atoms with Crippen LogP contribution in [-0.2, 0) is 9.84 Å². The number of ketones is 1. The van der Waals surface area contributed by atoms with Crippen LogP contribution in [0.25, 0.3) is 0 Å². The van der Waals surface area contributed by atoms with E-state index in [9.17, 15) is 13.2 Å². The van der Waals surface area contributed by atoms with Crippen LogP contribution >= 0.6 is 46.3 Å². The number of hydrogen-bond acceptors (Lipinski definition) is 5. The fourth-order valence-electron chi connectivity index (χ4n) is 0.983. The third-order valence-electron chi connectivity index (χ3n) is 1.79. The first kappa shape index (κ1) is 15.3. The van der Waals surface area contributed by atoms with Gasteiger partial charge in [0.25, 0.3) is 0 Å². The normalized spacial score (nSPS) is 11.7. The zero-order valence-corrected chi connectivity index (χ0v) is 12.9. The molecule has 0 radical (unpaired) electrons. The molecule has 0 unspecified atom stereocenters. The Morgan fingerprint density at radius 2 is 2.12 bits per heavy atom. The van der Waals surface area contributed by atoms with Crippen LogP contribution in [0.3, 0.4) is 0 Å². The number of rotatable bonds is 6. The van der Waals surface area contributed by atoms with Crippen LogP contribution < -0.4 is 0 Å². The van der Waals surface area contributed by atoms with E-state index in [-0.39, 0.29) is 17.3 Å². The highest BCUT2D eigenvalue weighted by atomic mass is 35.5. The van der Waals surface area contributed by atoms with Crippen molar-refractivity contribution < 1.29 is 13.2 Å². The van der Waals surface area contributed by atoms with Crippen molar-refractivity contribution in [3.63, 3.8) is 0 Å². The Kier molecular flexibility index (Phi) is 5.79. The van der Waals surface area contributed by atoms with Crippen molar-refractivity contribution in [1.82, 2.24) is 0 Å². The molecule has 1 rings (SSSR count). The topological polar surface area (TPSA) is 51.2 Å². The molecule has 96 valence electrons. The van der Waals surface area contributed by atoms with Gasteiger partial charge in [0, 0.05) is 17.6 Å². The minimum absolute atomic E-state index is 0.0725. The van der Waals surface area contributed by atoms with Gasteiger partial charge >= 0.3 is 0 Å². The maximum Gasteiger partial charge on any atom is 0.175 e. The molecule has 0 bridgehead atoms. The number of sulfone groups is 1. The summed E-state index contributed by atoms with van der Waals surface area (Å²) < 4.78 is 22.6. The second kappa shape index (κ2) is 6.43. The first-order chi connectivity index (χ1) is 7.79. The third-order valence-corrected chi connectivity index (χ3v) is 5.44. The molecule has 0 amide bonds. The van der Waals surface area contributed by atoms with Gasteiger partial charge in [0.1, 0.15) is 14.2 Å². The van der Waals surface area contributed by atoms with E-state index >= 15 is 0 Å². The van der Waals surface area contributed by atoms with Gasteiger partial charge in [-0.15, -0.1) is 11.3 Å². The van der Waals surface area contributed by atoms with Crippen LogP contribution in [0.4, 0.5) is 0 Å². The molecule has 8 heteroatoms. The molecule has 3 nitrogen and oxygen atoms in total. The van der Waals surface area contributed by atoms with Crippen molar-refractivity contribution in [2.24, 2.45) is 0 Å². The lowest BCUT2D eigenvalue weighted by atomic mass is 10.2. The highest BCUT2D eigenvalue weighted by molar-refractivity contribution is 8.01. The molecule has 1 heterocycles. The molecule has 0 N–H and O–H groups in total. The Labute approximate surface area is 118 Å². The van der Waals surface area contributed by atoms with E-state index in [0.29, 0.717) is 20.0 Å². The standard InChI is InChI=1S/C9H10Cl2O3S3/c1-17(13,14)3-2-15-5-7(12)6-4-8(10)16-9(6)11/h4H,2-3,5H2,1H3. The van der Waals surface area contributed by atoms with Crippen LogP contribution in [0.1, 0.15) is 10.4 Å². The quantitative estimate of drug-likeness (QED) is 0.593. The van der Waals surface area contributed by atoms with E-state index < -0.39 is 9.84 Å². The Hall–Kier alpha value is 0.250. The van der Waals surface area contributed by atoms with Gasteiger partial charge in [-0.2, -0.15) is 11.8 Å². The maximum atomic E-state index is 11.7. The number of thioether (sulfide) groups is 1. The summed E-state index contributed by atoms with van der Waals surface area (Å²) in [7, 11) is -2.97. The first-order valence-electron chi connectivity index (χ1n) is 4.53. The predicted octanol–water partition coefficient (Wildman–Crippen LogP) is 3.02. The molecule has 0 atom stereocenters. The molecule has 17 heavy (non-hydrogen) atoms. The second-order valence-electron chi connectivity index (χ2n) is 3.34. The Morgan fingerprint density at radius 1 is 1.47 bits per heavy atom. The SMILES string of the molecule is CS(=O)(=O)CCSCC(=O)c1cc(Cl)sc1Cl. The molecule has 0 aliphatic carbocycles. The lowest BCUT2D eigenvalue weighted by molar-refractivity contribution is 0.102. The summed E-state index contributed by atoms with van der Waals surface area (Å²) in [6, 6.07) is 1.54. The van der Waals surface area contributed by atoms with E-state index in [1.165, 1.54) is 24.1 Å². The molecule has 0 saturated heterocycles. The summed E-state index contributed by atoms with van der Waals surface area (Å²) in [4.78, 5) is 11.7. The summed E-state index contributed by atoms with van der Waals surface area (Å²) in [5.41, 5.74) is 0.411. The fourth-order valence-corrected chi connectivity index (χ4v) is 4.65. The maximum absolute atomic E-state index is 11.7. The van der Waals surface area contributed by atoms with Crippen LogP contribution in [0.5, 0.6) is 0 Å². The van der Waals surface area contributed by atoms with Crippen molar-refractivity contribution in [2.45, 2.75) is 0 Å². The average molecular weight is 333 g/mol. The zero-order valence-electron chi connectivity index (χ0n) is 8.90. The smallest absolute Gasteiger partial charge is 0.175 e. The highest BCUT2D eigenvalue weighted by Crippen LogP contribution is 2.31. The van der Waals surface area contributed by atoms with Crippen LogP contribution in [0, 0.1) is 0 Å². The summed E-state index contributed by atoms with van der Waals surface area (Å²) in [6.45, 7) is 0. The Morgan fingerprint density at radius 3 is 2.59 bits per heavy atom. The molecule has 0 aromatic carbocycles. The van der Waals surface area contributed by atoms with E-state index in [4.69, 9.17) is 23.2 Å². The van der Waals surface area contributed by atoms with Gasteiger partial charge < -0.3 is 0 Å². The molecule has 1 aromatic rings. The predicted molar refractivity (Wildman–Crippen MR) is 75.7 cm³/mol. The number of Topliss-reactive ketones (excluding diaryl/α,β-unsaturated/α-hetero) is 1. The van der Waals surface area contributed by atoms with Gasteiger partial charge in [0.15, 0.2) is 5.78 Å². The van der Waals surface area contributed by atoms with E-state index in [1.807, 2.05) is 0 Å². The monoisotopic (exact) mass is 332 g/mol. The molecular weight excluding hydrogens is 323 g/mol. The van der Waals surface area contributed by atoms with Gasteiger partial charge in [-0.1, -0.05) is 23.2 Å². The van der Waals surface area contributed by atoms with Gasteiger partial charge in [-0.3, -0.25) is 4.79 Å². The number of carbonyl (C=O) groups excluding carboxylic acids is 1. The number of halogens is 2. The molecule has 1 aromatic heterocycles. The Balaban J connectivity index is 2.43. The van der Waals surface area contributed by atoms with Crippen molar-refractivity contribution >= 4 is 61.9 Å². The van der Waals surface area contributed by atoms with E-state index in [1.54, 1.807) is 0 Å². The largest absolute Gasteiger partial charge is 0.293 e. The second-order valence-corrected chi connectivity index (χ2v) is 8.99. The molecule has 0 spiro atoms. The Bertz CT molecular complexity index is 508. The third kappa shape index (κ3) is 5.61. The summed E-state index contributed by atoms with van der Waals surface area (Å²) in [5.74, 6) is 0.558. The average Bonchev–Trinajstić information content (AvgIpc) is 2.51. The van der Waals surface area contributed by atoms with Crippen molar-refractivity contribution in [2.75, 3.05) is 23.5 Å². The van der Waals surface area contributed by atoms with Crippen molar-refractivity contribution in [3.05, 3.63) is 20.3 Å². The van der Waals surface area contributed by atoms with Crippen LogP contribution in [0.2, 0.25) is 8.67 Å². The lowest BCUT2D eigenvalue weighted by Gasteiger charge is -1.99. The van der Waals surface area contributed by atoms with Crippen LogP contribution in [0.15, 0.2) is 6.07 Å². The van der Waals surface area contributed by atoms with Gasteiger partial charge in [0.2, 0.25) is 0 Å². The molecule has 0 fully saturated rings. The van der Waals surface area contributed by atoms with Crippen molar-refractivity contribution in [3.8, 4) is 0 Å². The zero-order chi connectivity index (χ0) is 13.1. The van der Waals surface area contributed by atoms with Gasteiger partial charge in [0.05, 0.1) is 15.8 Å². The number of carbonyl (C=O) groups is 1. The summed E-state index contributed by atoms with van der Waals surface area (Å²) >= 11 is 14.0. The molecule has 0 aliphatic rings. The minimum Gasteiger partial charge on any atom is -0.293 e. The van der Waals surface area contributed by atoms with Crippen molar-refractivity contribution in [1.29, 1.82) is 0 Å². The summed E-state index contributed by atoms with van der Waals surface area (Å²) in [5, 5.41) is 0. The minimum atomic E-state index is -2.97. The fraction of sp³-hybridized carbons (Fsp3) is 0.444. The summed E-state index contributed by atoms with van der Waals surface area (Å²) in [6.07, 6.45) is 1.17. The van der Waals surface area contributed by atoms with Gasteiger partial charge in [-0.25, -0.2) is 8.42 Å². The number of thiophene rings is 1. The highest BCUT2D eigenvalue weighted by Gasteiger charge is 2.14. The molecule has 0 aliphatic heterocycles. The van der Waals surface area contributed by atoms with Crippen LogP contribution in [-0.4, -0.2) is 37.7 Å². The van der Waals surface area contributed by atoms with E-state index in [0.717, 1.165) is 11.3 Å². The first-order valence-corrected chi connectivity index (χ1v) is 9.32.